The van der Waals surface area contributed by atoms with E-state index in [0.29, 0.717) is 11.6 Å². The van der Waals surface area contributed by atoms with E-state index in [1.54, 1.807) is 0 Å². The molecule has 2 aromatic rings. The monoisotopic (exact) mass is 271 g/mol. The van der Waals surface area contributed by atoms with Crippen LogP contribution in [-0.2, 0) is 6.42 Å². The van der Waals surface area contributed by atoms with Crippen molar-refractivity contribution in [1.82, 2.24) is 9.97 Å². The van der Waals surface area contributed by atoms with E-state index in [9.17, 15) is 0 Å². The molecule has 0 spiro atoms. The highest BCUT2D eigenvalue weighted by molar-refractivity contribution is 5.62. The Bertz CT molecular complexity index is 565. The Labute approximate surface area is 119 Å². The topological polar surface area (TPSA) is 67.1 Å². The molecule has 5 nitrogen and oxygen atoms in total. The molecule has 0 bridgehead atoms. The molecule has 0 aliphatic heterocycles. The van der Waals surface area contributed by atoms with Gasteiger partial charge in [-0.05, 0) is 37.6 Å². The fourth-order valence-electron chi connectivity index (χ4n) is 2.09. The lowest BCUT2D eigenvalue weighted by Crippen LogP contribution is -2.13. The Morgan fingerprint density at radius 2 is 1.80 bits per heavy atom. The van der Waals surface area contributed by atoms with Crippen LogP contribution in [0.2, 0.25) is 0 Å². The fraction of sp³-hybridized carbons (Fsp3) is 0.333. The summed E-state index contributed by atoms with van der Waals surface area (Å²) in [4.78, 5) is 11.2. The Hall–Kier alpha value is -2.14. The molecule has 0 unspecified atom stereocenters. The van der Waals surface area contributed by atoms with Gasteiger partial charge in [-0.3, -0.25) is 0 Å². The number of hydrogen-bond donors (Lipinski definition) is 2. The first-order valence-electron chi connectivity index (χ1n) is 6.68. The van der Waals surface area contributed by atoms with E-state index in [2.05, 4.69) is 39.4 Å². The quantitative estimate of drug-likeness (QED) is 0.660. The highest BCUT2D eigenvalue weighted by atomic mass is 15.3. The third-order valence-electron chi connectivity index (χ3n) is 3.36. The molecule has 106 valence electrons. The fourth-order valence-corrected chi connectivity index (χ4v) is 2.09. The summed E-state index contributed by atoms with van der Waals surface area (Å²) >= 11 is 0. The van der Waals surface area contributed by atoms with Crippen molar-refractivity contribution < 1.29 is 0 Å². The summed E-state index contributed by atoms with van der Waals surface area (Å²) < 4.78 is 0. The van der Waals surface area contributed by atoms with Crippen LogP contribution in [-0.4, -0.2) is 24.1 Å². The zero-order chi connectivity index (χ0) is 14.7. The molecule has 20 heavy (non-hydrogen) atoms. The van der Waals surface area contributed by atoms with E-state index in [1.807, 2.05) is 33.2 Å². The number of hydrogen-bond acceptors (Lipinski definition) is 5. The van der Waals surface area contributed by atoms with E-state index in [1.165, 1.54) is 0 Å². The highest BCUT2D eigenvalue weighted by Crippen LogP contribution is 2.23. The summed E-state index contributed by atoms with van der Waals surface area (Å²) in [7, 11) is 4.03. The number of nitrogens with one attached hydrogen (secondary N) is 1. The van der Waals surface area contributed by atoms with Crippen molar-refractivity contribution in [2.45, 2.75) is 20.3 Å². The van der Waals surface area contributed by atoms with Crippen molar-refractivity contribution in [3.05, 3.63) is 35.5 Å². The van der Waals surface area contributed by atoms with Crippen molar-refractivity contribution in [2.24, 2.45) is 5.84 Å². The summed E-state index contributed by atoms with van der Waals surface area (Å²) in [6.45, 7) is 4.06. The van der Waals surface area contributed by atoms with Crippen LogP contribution in [0.1, 0.15) is 18.2 Å². The molecule has 0 aliphatic rings. The second-order valence-electron chi connectivity index (χ2n) is 4.91. The molecule has 0 saturated heterocycles. The molecule has 0 atom stereocenters. The van der Waals surface area contributed by atoms with E-state index in [-0.39, 0.29) is 0 Å². The minimum Gasteiger partial charge on any atom is -0.378 e. The normalized spacial score (nSPS) is 10.4. The Morgan fingerprint density at radius 1 is 1.15 bits per heavy atom. The molecular weight excluding hydrogens is 250 g/mol. The summed E-state index contributed by atoms with van der Waals surface area (Å²) in [6.07, 6.45) is 0.853. The van der Waals surface area contributed by atoms with Gasteiger partial charge in [-0.2, -0.15) is 0 Å². The van der Waals surface area contributed by atoms with Gasteiger partial charge in [0, 0.05) is 36.6 Å². The lowest BCUT2D eigenvalue weighted by Gasteiger charge is -2.14. The maximum Gasteiger partial charge on any atom is 0.161 e. The number of nitrogens with two attached hydrogens (primary N) is 1. The number of aryl methyl sites for hydroxylation is 1. The zero-order valence-corrected chi connectivity index (χ0v) is 12.4. The SMILES string of the molecule is CCc1nc(-c2ccc(N(C)C)cc2)nc(NN)c1C. The highest BCUT2D eigenvalue weighted by Gasteiger charge is 2.10. The molecule has 1 aromatic heterocycles. The van der Waals surface area contributed by atoms with Crippen molar-refractivity contribution in [2.75, 3.05) is 24.4 Å². The van der Waals surface area contributed by atoms with E-state index < -0.39 is 0 Å². The first-order chi connectivity index (χ1) is 9.56. The zero-order valence-electron chi connectivity index (χ0n) is 12.4. The molecule has 0 fully saturated rings. The molecule has 2 rings (SSSR count). The lowest BCUT2D eigenvalue weighted by atomic mass is 10.1. The van der Waals surface area contributed by atoms with Gasteiger partial charge in [0.1, 0.15) is 5.82 Å². The maximum absolute atomic E-state index is 5.54. The average Bonchev–Trinajstić information content (AvgIpc) is 2.47. The van der Waals surface area contributed by atoms with Gasteiger partial charge in [-0.25, -0.2) is 15.8 Å². The average molecular weight is 271 g/mol. The van der Waals surface area contributed by atoms with Crippen LogP contribution in [0.4, 0.5) is 11.5 Å². The Balaban J connectivity index is 2.46. The van der Waals surface area contributed by atoms with Gasteiger partial charge >= 0.3 is 0 Å². The number of hydrazine groups is 1. The van der Waals surface area contributed by atoms with Crippen molar-refractivity contribution >= 4 is 11.5 Å². The first kappa shape index (κ1) is 14.3. The lowest BCUT2D eigenvalue weighted by molar-refractivity contribution is 0.973. The molecule has 5 heteroatoms. The van der Waals surface area contributed by atoms with Crippen LogP contribution in [0.5, 0.6) is 0 Å². The molecular formula is C15H21N5. The number of benzene rings is 1. The maximum atomic E-state index is 5.54. The largest absolute Gasteiger partial charge is 0.378 e. The Morgan fingerprint density at radius 3 is 2.30 bits per heavy atom. The van der Waals surface area contributed by atoms with E-state index >= 15 is 0 Å². The number of rotatable bonds is 4. The van der Waals surface area contributed by atoms with Gasteiger partial charge in [-0.15, -0.1) is 0 Å². The van der Waals surface area contributed by atoms with Crippen molar-refractivity contribution in [1.29, 1.82) is 0 Å². The standard InChI is InChI=1S/C15H21N5/c1-5-13-10(2)14(19-16)18-15(17-13)11-6-8-12(9-7-11)20(3)4/h6-9H,5,16H2,1-4H3,(H,17,18,19). The summed E-state index contributed by atoms with van der Waals surface area (Å²) in [5, 5.41) is 0. The summed E-state index contributed by atoms with van der Waals surface area (Å²) in [5.74, 6) is 6.92. The van der Waals surface area contributed by atoms with Gasteiger partial charge < -0.3 is 10.3 Å². The summed E-state index contributed by atoms with van der Waals surface area (Å²) in [5.41, 5.74) is 6.80. The predicted molar refractivity (Wildman–Crippen MR) is 83.7 cm³/mol. The molecule has 0 aliphatic carbocycles. The van der Waals surface area contributed by atoms with Gasteiger partial charge in [0.05, 0.1) is 0 Å². The Kier molecular flexibility index (Phi) is 4.20. The number of nitrogen functional groups attached to an aromatic ring is 1. The van der Waals surface area contributed by atoms with Gasteiger partial charge in [0.15, 0.2) is 5.82 Å². The van der Waals surface area contributed by atoms with Crippen molar-refractivity contribution in [3.63, 3.8) is 0 Å². The third kappa shape index (κ3) is 2.72. The number of aromatic nitrogens is 2. The van der Waals surface area contributed by atoms with Gasteiger partial charge in [0.25, 0.3) is 0 Å². The van der Waals surface area contributed by atoms with Crippen LogP contribution >= 0.6 is 0 Å². The minimum atomic E-state index is 0.684. The van der Waals surface area contributed by atoms with Crippen LogP contribution in [0, 0.1) is 6.92 Å². The smallest absolute Gasteiger partial charge is 0.161 e. The van der Waals surface area contributed by atoms with Crippen LogP contribution < -0.4 is 16.2 Å². The predicted octanol–water partition coefficient (Wildman–Crippen LogP) is 2.37. The minimum absolute atomic E-state index is 0.684. The first-order valence-corrected chi connectivity index (χ1v) is 6.68. The molecule has 0 saturated carbocycles. The van der Waals surface area contributed by atoms with E-state index in [4.69, 9.17) is 5.84 Å². The van der Waals surface area contributed by atoms with Crippen molar-refractivity contribution in [3.8, 4) is 11.4 Å². The van der Waals surface area contributed by atoms with Gasteiger partial charge in [0.2, 0.25) is 0 Å². The third-order valence-corrected chi connectivity index (χ3v) is 3.36. The second kappa shape index (κ2) is 5.88. The van der Waals surface area contributed by atoms with Crippen LogP contribution in [0.3, 0.4) is 0 Å². The van der Waals surface area contributed by atoms with Crippen LogP contribution in [0.15, 0.2) is 24.3 Å². The number of anilines is 2. The molecule has 1 aromatic carbocycles. The van der Waals surface area contributed by atoms with Crippen LogP contribution in [0.25, 0.3) is 11.4 Å². The summed E-state index contributed by atoms with van der Waals surface area (Å²) in [6, 6.07) is 8.17. The molecule has 0 amide bonds. The molecule has 1 heterocycles. The molecule has 0 radical (unpaired) electrons. The van der Waals surface area contributed by atoms with Gasteiger partial charge in [-0.1, -0.05) is 6.92 Å². The second-order valence-corrected chi connectivity index (χ2v) is 4.91. The molecule has 3 N–H and O–H groups in total. The number of nitrogens with zero attached hydrogens (tertiary/aromatic N) is 3. The van der Waals surface area contributed by atoms with E-state index in [0.717, 1.165) is 28.9 Å².